The SMILES string of the molecule is CNC(C)(C)C(=O)NC1(CO)CCCC1. The molecule has 0 spiro atoms. The molecule has 0 aromatic carbocycles. The van der Waals surface area contributed by atoms with Gasteiger partial charge in [-0.05, 0) is 33.7 Å². The summed E-state index contributed by atoms with van der Waals surface area (Å²) in [5, 5.41) is 15.3. The molecule has 1 aliphatic carbocycles. The first-order chi connectivity index (χ1) is 6.96. The highest BCUT2D eigenvalue weighted by atomic mass is 16.3. The minimum absolute atomic E-state index is 0.0402. The third-order valence-electron chi connectivity index (χ3n) is 3.43. The smallest absolute Gasteiger partial charge is 0.240 e. The molecule has 1 amide bonds. The van der Waals surface area contributed by atoms with Crippen molar-refractivity contribution >= 4 is 5.91 Å². The quantitative estimate of drug-likeness (QED) is 0.635. The van der Waals surface area contributed by atoms with Crippen molar-refractivity contribution in [2.75, 3.05) is 13.7 Å². The molecule has 0 saturated heterocycles. The molecule has 1 rings (SSSR count). The molecule has 0 bridgehead atoms. The first-order valence-electron chi connectivity index (χ1n) is 5.58. The molecule has 88 valence electrons. The monoisotopic (exact) mass is 214 g/mol. The zero-order valence-electron chi connectivity index (χ0n) is 9.89. The Bertz CT molecular complexity index is 233. The highest BCUT2D eigenvalue weighted by Crippen LogP contribution is 2.29. The van der Waals surface area contributed by atoms with E-state index in [1.165, 1.54) is 0 Å². The summed E-state index contributed by atoms with van der Waals surface area (Å²) in [7, 11) is 1.76. The van der Waals surface area contributed by atoms with Gasteiger partial charge in [-0.1, -0.05) is 12.8 Å². The largest absolute Gasteiger partial charge is 0.394 e. The van der Waals surface area contributed by atoms with E-state index in [-0.39, 0.29) is 18.1 Å². The van der Waals surface area contributed by atoms with Crippen molar-refractivity contribution in [2.45, 2.75) is 50.6 Å². The van der Waals surface area contributed by atoms with E-state index in [1.54, 1.807) is 7.05 Å². The van der Waals surface area contributed by atoms with E-state index < -0.39 is 5.54 Å². The molecule has 0 radical (unpaired) electrons. The molecule has 1 aliphatic rings. The third kappa shape index (κ3) is 2.69. The number of aliphatic hydroxyl groups excluding tert-OH is 1. The summed E-state index contributed by atoms with van der Waals surface area (Å²) in [6.07, 6.45) is 3.94. The Labute approximate surface area is 91.4 Å². The van der Waals surface area contributed by atoms with E-state index in [0.717, 1.165) is 25.7 Å². The zero-order chi connectivity index (χ0) is 11.5. The van der Waals surface area contributed by atoms with Crippen LogP contribution in [-0.4, -0.2) is 35.7 Å². The van der Waals surface area contributed by atoms with Crippen LogP contribution in [-0.2, 0) is 4.79 Å². The van der Waals surface area contributed by atoms with Gasteiger partial charge in [0.1, 0.15) is 0 Å². The maximum Gasteiger partial charge on any atom is 0.240 e. The summed E-state index contributed by atoms with van der Waals surface area (Å²) < 4.78 is 0. The minimum Gasteiger partial charge on any atom is -0.394 e. The zero-order valence-corrected chi connectivity index (χ0v) is 9.89. The van der Waals surface area contributed by atoms with Crippen LogP contribution in [0.1, 0.15) is 39.5 Å². The molecule has 4 nitrogen and oxygen atoms in total. The molecule has 0 aromatic rings. The first-order valence-corrected chi connectivity index (χ1v) is 5.58. The Kier molecular flexibility index (Phi) is 3.73. The molecule has 0 unspecified atom stereocenters. The third-order valence-corrected chi connectivity index (χ3v) is 3.43. The highest BCUT2D eigenvalue weighted by Gasteiger charge is 2.38. The molecule has 0 atom stereocenters. The van der Waals surface area contributed by atoms with Crippen molar-refractivity contribution in [3.8, 4) is 0 Å². The Hall–Kier alpha value is -0.610. The van der Waals surface area contributed by atoms with Gasteiger partial charge < -0.3 is 15.7 Å². The van der Waals surface area contributed by atoms with Crippen LogP contribution in [0.5, 0.6) is 0 Å². The van der Waals surface area contributed by atoms with Crippen molar-refractivity contribution in [3.05, 3.63) is 0 Å². The molecular weight excluding hydrogens is 192 g/mol. The van der Waals surface area contributed by atoms with Crippen molar-refractivity contribution in [1.82, 2.24) is 10.6 Å². The lowest BCUT2D eigenvalue weighted by Crippen LogP contribution is -2.59. The highest BCUT2D eigenvalue weighted by molar-refractivity contribution is 5.86. The van der Waals surface area contributed by atoms with Crippen molar-refractivity contribution in [2.24, 2.45) is 0 Å². The second-order valence-corrected chi connectivity index (χ2v) is 4.97. The Morgan fingerprint density at radius 2 is 1.93 bits per heavy atom. The first kappa shape index (κ1) is 12.5. The molecular formula is C11H22N2O2. The van der Waals surface area contributed by atoms with Gasteiger partial charge in [-0.15, -0.1) is 0 Å². The Morgan fingerprint density at radius 3 is 2.33 bits per heavy atom. The minimum atomic E-state index is -0.579. The number of carbonyl (C=O) groups excluding carboxylic acids is 1. The number of aliphatic hydroxyl groups is 1. The lowest BCUT2D eigenvalue weighted by atomic mass is 9.96. The van der Waals surface area contributed by atoms with Crippen molar-refractivity contribution in [3.63, 3.8) is 0 Å². The summed E-state index contributed by atoms with van der Waals surface area (Å²) in [6.45, 7) is 3.71. The van der Waals surface area contributed by atoms with E-state index in [4.69, 9.17) is 0 Å². The maximum absolute atomic E-state index is 11.9. The molecule has 1 fully saturated rings. The van der Waals surface area contributed by atoms with Crippen molar-refractivity contribution < 1.29 is 9.90 Å². The van der Waals surface area contributed by atoms with Crippen molar-refractivity contribution in [1.29, 1.82) is 0 Å². The fourth-order valence-electron chi connectivity index (χ4n) is 1.89. The van der Waals surface area contributed by atoms with Crippen LogP contribution in [0.25, 0.3) is 0 Å². The van der Waals surface area contributed by atoms with Crippen LogP contribution in [0.3, 0.4) is 0 Å². The van der Waals surface area contributed by atoms with E-state index in [1.807, 2.05) is 13.8 Å². The van der Waals surface area contributed by atoms with Gasteiger partial charge in [0, 0.05) is 0 Å². The van der Waals surface area contributed by atoms with Gasteiger partial charge in [0.15, 0.2) is 0 Å². The molecule has 0 aliphatic heterocycles. The van der Waals surface area contributed by atoms with Crippen LogP contribution in [0, 0.1) is 0 Å². The average Bonchev–Trinajstić information content (AvgIpc) is 2.67. The summed E-state index contributed by atoms with van der Waals surface area (Å²) in [4.78, 5) is 11.9. The summed E-state index contributed by atoms with van der Waals surface area (Å²) in [5.74, 6) is -0.0408. The van der Waals surface area contributed by atoms with Gasteiger partial charge in [-0.25, -0.2) is 0 Å². The van der Waals surface area contributed by atoms with E-state index >= 15 is 0 Å². The molecule has 15 heavy (non-hydrogen) atoms. The van der Waals surface area contributed by atoms with Gasteiger partial charge in [-0.3, -0.25) is 4.79 Å². The number of hydrogen-bond donors (Lipinski definition) is 3. The molecule has 1 saturated carbocycles. The van der Waals surface area contributed by atoms with Crippen LogP contribution >= 0.6 is 0 Å². The number of nitrogens with one attached hydrogen (secondary N) is 2. The lowest BCUT2D eigenvalue weighted by molar-refractivity contribution is -0.128. The maximum atomic E-state index is 11.9. The average molecular weight is 214 g/mol. The molecule has 0 heterocycles. The van der Waals surface area contributed by atoms with Crippen LogP contribution < -0.4 is 10.6 Å². The number of amides is 1. The molecule has 4 heteroatoms. The number of carbonyl (C=O) groups is 1. The number of hydrogen-bond acceptors (Lipinski definition) is 3. The van der Waals surface area contributed by atoms with Gasteiger partial charge in [0.2, 0.25) is 5.91 Å². The predicted molar refractivity (Wildman–Crippen MR) is 59.6 cm³/mol. The van der Waals surface area contributed by atoms with E-state index in [2.05, 4.69) is 10.6 Å². The number of rotatable bonds is 4. The summed E-state index contributed by atoms with van der Waals surface area (Å²) in [5.41, 5.74) is -0.948. The van der Waals surface area contributed by atoms with Gasteiger partial charge in [0.25, 0.3) is 0 Å². The second-order valence-electron chi connectivity index (χ2n) is 4.97. The molecule has 3 N–H and O–H groups in total. The number of likely N-dealkylation sites (N-methyl/N-ethyl adjacent to an activating group) is 1. The summed E-state index contributed by atoms with van der Waals surface area (Å²) >= 11 is 0. The molecule has 0 aromatic heterocycles. The van der Waals surface area contributed by atoms with Crippen LogP contribution in [0.4, 0.5) is 0 Å². The topological polar surface area (TPSA) is 61.4 Å². The van der Waals surface area contributed by atoms with E-state index in [9.17, 15) is 9.90 Å². The lowest BCUT2D eigenvalue weighted by Gasteiger charge is -2.33. The fraction of sp³-hybridized carbons (Fsp3) is 0.909. The second kappa shape index (κ2) is 4.49. The van der Waals surface area contributed by atoms with Gasteiger partial charge in [-0.2, -0.15) is 0 Å². The van der Waals surface area contributed by atoms with E-state index in [0.29, 0.717) is 0 Å². The predicted octanol–water partition coefficient (Wildman–Crippen LogP) is 0.406. The Balaban J connectivity index is 2.63. The van der Waals surface area contributed by atoms with Crippen LogP contribution in [0.2, 0.25) is 0 Å². The van der Waals surface area contributed by atoms with Gasteiger partial charge >= 0.3 is 0 Å². The summed E-state index contributed by atoms with van der Waals surface area (Å²) in [6, 6.07) is 0. The standard InChI is InChI=1S/C11H22N2O2/c1-10(2,12-3)9(15)13-11(8-14)6-4-5-7-11/h12,14H,4-8H2,1-3H3,(H,13,15). The fourth-order valence-corrected chi connectivity index (χ4v) is 1.89. The van der Waals surface area contributed by atoms with Crippen LogP contribution in [0.15, 0.2) is 0 Å². The normalized spacial score (nSPS) is 20.3. The Morgan fingerprint density at radius 1 is 1.40 bits per heavy atom. The van der Waals surface area contributed by atoms with Gasteiger partial charge in [0.05, 0.1) is 17.7 Å².